The molecule has 0 aliphatic heterocycles. The highest BCUT2D eigenvalue weighted by Gasteiger charge is 2.23. The fraction of sp³-hybridized carbons (Fsp3) is 0.0556. The van der Waals surface area contributed by atoms with Gasteiger partial charge in [0.1, 0.15) is 10.7 Å². The molecular formula is C18H14ClN3O7S. The van der Waals surface area contributed by atoms with E-state index in [4.69, 9.17) is 16.0 Å². The van der Waals surface area contributed by atoms with E-state index in [2.05, 4.69) is 10.0 Å². The van der Waals surface area contributed by atoms with Gasteiger partial charge in [-0.15, -0.1) is 0 Å². The first-order chi connectivity index (χ1) is 14.2. The van der Waals surface area contributed by atoms with Crippen molar-refractivity contribution in [3.63, 3.8) is 0 Å². The molecule has 10 nitrogen and oxygen atoms in total. The lowest BCUT2D eigenvalue weighted by molar-refractivity contribution is -0.384. The highest BCUT2D eigenvalue weighted by atomic mass is 35.5. The van der Waals surface area contributed by atoms with Gasteiger partial charge < -0.3 is 14.8 Å². The lowest BCUT2D eigenvalue weighted by Crippen LogP contribution is -2.15. The minimum Gasteiger partial charge on any atom is -0.478 e. The van der Waals surface area contributed by atoms with E-state index in [0.29, 0.717) is 5.76 Å². The van der Waals surface area contributed by atoms with Crippen LogP contribution in [0.5, 0.6) is 0 Å². The van der Waals surface area contributed by atoms with Crippen molar-refractivity contribution in [1.82, 2.24) is 0 Å². The number of aromatic carboxylic acids is 1. The largest absolute Gasteiger partial charge is 0.478 e. The Morgan fingerprint density at radius 1 is 1.20 bits per heavy atom. The first-order valence-electron chi connectivity index (χ1n) is 8.28. The van der Waals surface area contributed by atoms with Crippen molar-refractivity contribution < 1.29 is 27.7 Å². The van der Waals surface area contributed by atoms with E-state index >= 15 is 0 Å². The molecule has 156 valence electrons. The summed E-state index contributed by atoms with van der Waals surface area (Å²) in [6, 6.07) is 10.2. The van der Waals surface area contributed by atoms with Gasteiger partial charge in [-0.1, -0.05) is 11.6 Å². The highest BCUT2D eigenvalue weighted by Crippen LogP contribution is 2.31. The number of halogens is 1. The predicted octanol–water partition coefficient (Wildman–Crippen LogP) is 3.95. The van der Waals surface area contributed by atoms with Crippen LogP contribution < -0.4 is 10.0 Å². The molecule has 0 unspecified atom stereocenters. The summed E-state index contributed by atoms with van der Waals surface area (Å²) in [7, 11) is -4.27. The molecule has 0 saturated carbocycles. The van der Waals surface area contributed by atoms with Crippen LogP contribution in [-0.2, 0) is 16.6 Å². The third-order valence-corrected chi connectivity index (χ3v) is 5.80. The summed E-state index contributed by atoms with van der Waals surface area (Å²) in [5.41, 5.74) is -0.363. The average molecular weight is 452 g/mol. The van der Waals surface area contributed by atoms with Crippen LogP contribution >= 0.6 is 11.6 Å². The van der Waals surface area contributed by atoms with Crippen LogP contribution in [0.3, 0.4) is 0 Å². The maximum atomic E-state index is 12.7. The number of nitrogens with one attached hydrogen (secondary N) is 2. The molecule has 0 radical (unpaired) electrons. The third kappa shape index (κ3) is 4.70. The smallest absolute Gasteiger partial charge is 0.337 e. The summed E-state index contributed by atoms with van der Waals surface area (Å²) in [5, 5.41) is 22.8. The van der Waals surface area contributed by atoms with E-state index in [-0.39, 0.29) is 34.2 Å². The van der Waals surface area contributed by atoms with Gasteiger partial charge in [0.25, 0.3) is 15.7 Å². The summed E-state index contributed by atoms with van der Waals surface area (Å²) < 4.78 is 32.8. The number of furan rings is 1. The van der Waals surface area contributed by atoms with Gasteiger partial charge in [0.05, 0.1) is 34.0 Å². The zero-order chi connectivity index (χ0) is 21.9. The number of carbonyl (C=O) groups is 1. The van der Waals surface area contributed by atoms with Gasteiger partial charge in [0.2, 0.25) is 0 Å². The molecule has 0 fully saturated rings. The van der Waals surface area contributed by atoms with Crippen LogP contribution in [0.4, 0.5) is 17.1 Å². The van der Waals surface area contributed by atoms with Gasteiger partial charge in [0.15, 0.2) is 0 Å². The molecule has 3 aromatic rings. The monoisotopic (exact) mass is 451 g/mol. The molecule has 3 N–H and O–H groups in total. The van der Waals surface area contributed by atoms with E-state index < -0.39 is 25.8 Å². The van der Waals surface area contributed by atoms with Gasteiger partial charge in [-0.25, -0.2) is 13.2 Å². The number of rotatable bonds is 8. The fourth-order valence-electron chi connectivity index (χ4n) is 2.54. The Morgan fingerprint density at radius 2 is 1.90 bits per heavy atom. The van der Waals surface area contributed by atoms with Crippen molar-refractivity contribution in [2.24, 2.45) is 0 Å². The number of hydrogen-bond donors (Lipinski definition) is 3. The number of sulfonamides is 1. The molecule has 1 aromatic heterocycles. The number of anilines is 2. The summed E-state index contributed by atoms with van der Waals surface area (Å²) in [6.07, 6.45) is 1.46. The van der Waals surface area contributed by atoms with Gasteiger partial charge >= 0.3 is 5.97 Å². The molecular weight excluding hydrogens is 438 g/mol. The number of carboxylic acids is 1. The highest BCUT2D eigenvalue weighted by molar-refractivity contribution is 7.92. The maximum absolute atomic E-state index is 12.7. The molecule has 0 aliphatic rings. The molecule has 0 atom stereocenters. The molecule has 30 heavy (non-hydrogen) atoms. The minimum atomic E-state index is -4.27. The Morgan fingerprint density at radius 3 is 2.47 bits per heavy atom. The maximum Gasteiger partial charge on any atom is 0.337 e. The number of benzene rings is 2. The van der Waals surface area contributed by atoms with E-state index in [1.54, 1.807) is 12.1 Å². The van der Waals surface area contributed by atoms with E-state index in [0.717, 1.165) is 18.2 Å². The summed E-state index contributed by atoms with van der Waals surface area (Å²) in [6.45, 7) is 0.163. The Balaban J connectivity index is 1.90. The Kier molecular flexibility index (Phi) is 5.94. The molecule has 3 rings (SSSR count). The second-order valence-corrected chi connectivity index (χ2v) is 8.03. The van der Waals surface area contributed by atoms with E-state index in [1.807, 2.05) is 0 Å². The molecule has 0 spiro atoms. The molecule has 12 heteroatoms. The van der Waals surface area contributed by atoms with Crippen molar-refractivity contribution >= 4 is 44.7 Å². The summed E-state index contributed by atoms with van der Waals surface area (Å²) in [4.78, 5) is 21.3. The summed E-state index contributed by atoms with van der Waals surface area (Å²) >= 11 is 6.12. The molecule has 0 bridgehead atoms. The van der Waals surface area contributed by atoms with Crippen molar-refractivity contribution in [1.29, 1.82) is 0 Å². The van der Waals surface area contributed by atoms with Crippen LogP contribution in [0.2, 0.25) is 5.02 Å². The van der Waals surface area contributed by atoms with Crippen molar-refractivity contribution in [3.05, 3.63) is 81.3 Å². The van der Waals surface area contributed by atoms with Gasteiger partial charge in [0, 0.05) is 17.8 Å². The van der Waals surface area contributed by atoms with Crippen molar-refractivity contribution in [2.75, 3.05) is 10.0 Å². The lowest BCUT2D eigenvalue weighted by atomic mass is 10.1. The number of hydrogen-bond acceptors (Lipinski definition) is 7. The van der Waals surface area contributed by atoms with Crippen LogP contribution in [0.1, 0.15) is 16.1 Å². The normalized spacial score (nSPS) is 11.1. The van der Waals surface area contributed by atoms with Crippen LogP contribution in [0, 0.1) is 10.1 Å². The number of nitro groups is 1. The van der Waals surface area contributed by atoms with E-state index in [1.165, 1.54) is 24.5 Å². The average Bonchev–Trinajstić information content (AvgIpc) is 3.19. The van der Waals surface area contributed by atoms with Crippen LogP contribution in [-0.4, -0.2) is 24.4 Å². The van der Waals surface area contributed by atoms with Gasteiger partial charge in [-0.05, 0) is 36.4 Å². The molecule has 0 amide bonds. The number of carboxylic acid groups (broad SMARTS) is 1. The third-order valence-electron chi connectivity index (χ3n) is 3.96. The SMILES string of the molecule is O=C(O)c1cc(S(=O)(=O)Nc2ccc([N+](=O)[O-])cc2)c(Cl)cc1NCc1ccco1. The first kappa shape index (κ1) is 21.1. The van der Waals surface area contributed by atoms with Crippen molar-refractivity contribution in [3.8, 4) is 0 Å². The topological polar surface area (TPSA) is 152 Å². The molecule has 0 saturated heterocycles. The minimum absolute atomic E-state index is 0.0496. The molecule has 0 aliphatic carbocycles. The van der Waals surface area contributed by atoms with Crippen LogP contribution in [0.15, 0.2) is 64.1 Å². The lowest BCUT2D eigenvalue weighted by Gasteiger charge is -2.14. The summed E-state index contributed by atoms with van der Waals surface area (Å²) in [5.74, 6) is -0.820. The molecule has 1 heterocycles. The van der Waals surface area contributed by atoms with Gasteiger partial charge in [-0.3, -0.25) is 14.8 Å². The Bertz CT molecular complexity index is 1190. The second kappa shape index (κ2) is 8.43. The predicted molar refractivity (Wildman–Crippen MR) is 108 cm³/mol. The van der Waals surface area contributed by atoms with E-state index in [9.17, 15) is 28.4 Å². The second-order valence-electron chi connectivity index (χ2n) is 5.98. The van der Waals surface area contributed by atoms with Gasteiger partial charge in [-0.2, -0.15) is 0 Å². The standard InChI is InChI=1S/C18H14ClN3O7S/c19-15-9-16(20-10-13-2-1-7-29-13)14(18(23)24)8-17(15)30(27,28)21-11-3-5-12(6-4-11)22(25)26/h1-9,20-21H,10H2,(H,23,24). The Labute approximate surface area is 175 Å². The van der Waals surface area contributed by atoms with Crippen molar-refractivity contribution in [2.45, 2.75) is 11.4 Å². The fourth-order valence-corrected chi connectivity index (χ4v) is 4.15. The quantitative estimate of drug-likeness (QED) is 0.344. The zero-order valence-corrected chi connectivity index (χ0v) is 16.6. The first-order valence-corrected chi connectivity index (χ1v) is 10.1. The molecule has 2 aromatic carbocycles. The van der Waals surface area contributed by atoms with Crippen LogP contribution in [0.25, 0.3) is 0 Å². The number of nitrogens with zero attached hydrogens (tertiary/aromatic N) is 1. The number of non-ortho nitro benzene ring substituents is 1. The Hall–Kier alpha value is -3.57. The number of nitro benzene ring substituents is 1. The zero-order valence-electron chi connectivity index (χ0n) is 15.0.